The summed E-state index contributed by atoms with van der Waals surface area (Å²) in [4.78, 5) is 7.03. The van der Waals surface area contributed by atoms with Gasteiger partial charge in [-0.05, 0) is 49.8 Å². The first kappa shape index (κ1) is 22.7. The molecule has 28 heavy (non-hydrogen) atoms. The van der Waals surface area contributed by atoms with Crippen LogP contribution in [0.1, 0.15) is 50.7 Å². The highest BCUT2D eigenvalue weighted by atomic mass is 32.2. The molecule has 2 N–H and O–H groups in total. The highest BCUT2D eigenvalue weighted by Crippen LogP contribution is 2.28. The Balaban J connectivity index is 1.95. The fourth-order valence-electron chi connectivity index (χ4n) is 3.65. The van der Waals surface area contributed by atoms with Crippen molar-refractivity contribution < 1.29 is 8.42 Å². The van der Waals surface area contributed by atoms with Gasteiger partial charge in [-0.25, -0.2) is 18.1 Å². The predicted molar refractivity (Wildman–Crippen MR) is 117 cm³/mol. The summed E-state index contributed by atoms with van der Waals surface area (Å²) >= 11 is 0. The first-order valence-electron chi connectivity index (χ1n) is 10.3. The molecule has 0 unspecified atom stereocenters. The van der Waals surface area contributed by atoms with Gasteiger partial charge >= 0.3 is 0 Å². The van der Waals surface area contributed by atoms with E-state index in [0.717, 1.165) is 42.0 Å². The summed E-state index contributed by atoms with van der Waals surface area (Å²) in [5, 5.41) is 3.39. The molecule has 0 saturated heterocycles. The molecule has 0 radical (unpaired) electrons. The number of rotatable bonds is 8. The van der Waals surface area contributed by atoms with Gasteiger partial charge in [-0.2, -0.15) is 0 Å². The minimum absolute atomic E-state index is 0.00156. The Kier molecular flexibility index (Phi) is 8.76. The summed E-state index contributed by atoms with van der Waals surface area (Å²) in [6, 6.07) is 7.63. The third-order valence-corrected chi connectivity index (χ3v) is 6.80. The molecule has 1 aromatic rings. The van der Waals surface area contributed by atoms with Crippen LogP contribution < -0.4 is 10.0 Å². The Morgan fingerprint density at radius 1 is 1.14 bits per heavy atom. The number of benzene rings is 1. The molecule has 1 saturated carbocycles. The van der Waals surface area contributed by atoms with E-state index in [9.17, 15) is 8.42 Å². The van der Waals surface area contributed by atoms with E-state index >= 15 is 0 Å². The molecule has 158 valence electrons. The summed E-state index contributed by atoms with van der Waals surface area (Å²) in [5.74, 6) is 2.55. The molecule has 0 atom stereocenters. The van der Waals surface area contributed by atoms with Gasteiger partial charge < -0.3 is 10.2 Å². The van der Waals surface area contributed by atoms with Gasteiger partial charge in [-0.3, -0.25) is 0 Å². The lowest BCUT2D eigenvalue weighted by atomic mass is 9.83. The van der Waals surface area contributed by atoms with Crippen molar-refractivity contribution in [3.8, 4) is 0 Å². The van der Waals surface area contributed by atoms with E-state index < -0.39 is 10.0 Å². The van der Waals surface area contributed by atoms with Crippen molar-refractivity contribution in [2.75, 3.05) is 27.2 Å². The molecule has 1 aromatic carbocycles. The Morgan fingerprint density at radius 2 is 1.75 bits per heavy atom. The number of hydrogen-bond donors (Lipinski definition) is 2. The first-order chi connectivity index (χ1) is 13.3. The van der Waals surface area contributed by atoms with Gasteiger partial charge in [0.2, 0.25) is 10.0 Å². The molecule has 0 aliphatic heterocycles. The van der Waals surface area contributed by atoms with Gasteiger partial charge in [0.1, 0.15) is 0 Å². The second kappa shape index (κ2) is 10.8. The van der Waals surface area contributed by atoms with Crippen LogP contribution in [0.4, 0.5) is 0 Å². The molecule has 0 amide bonds. The maximum atomic E-state index is 11.7. The third kappa shape index (κ3) is 7.43. The number of sulfonamides is 1. The Morgan fingerprint density at radius 3 is 2.32 bits per heavy atom. The smallest absolute Gasteiger partial charge is 0.215 e. The molecule has 1 aliphatic carbocycles. The lowest BCUT2D eigenvalue weighted by Crippen LogP contribution is -2.41. The van der Waals surface area contributed by atoms with Crippen LogP contribution >= 0.6 is 0 Å². The number of hydrogen-bond acceptors (Lipinski definition) is 3. The van der Waals surface area contributed by atoms with E-state index in [2.05, 4.69) is 35.8 Å². The standard InChI is InChI=1S/C21H36N4O2S/c1-5-23-21(25(4)15-19-8-6-17(2)7-9-19)24-14-18-10-12-20(13-11-18)16-28(26,27)22-3/h10-13,17,19,22H,5-9,14-16H2,1-4H3,(H,23,24). The first-order valence-corrected chi connectivity index (χ1v) is 12.0. The zero-order chi connectivity index (χ0) is 20.6. The molecule has 0 aromatic heterocycles. The third-order valence-electron chi connectivity index (χ3n) is 5.47. The van der Waals surface area contributed by atoms with E-state index in [4.69, 9.17) is 4.99 Å². The lowest BCUT2D eigenvalue weighted by molar-refractivity contribution is 0.250. The average molecular weight is 409 g/mol. The van der Waals surface area contributed by atoms with Crippen molar-refractivity contribution in [3.05, 3.63) is 35.4 Å². The molecule has 0 spiro atoms. The highest BCUT2D eigenvalue weighted by molar-refractivity contribution is 7.88. The van der Waals surface area contributed by atoms with Crippen LogP contribution in [0, 0.1) is 11.8 Å². The SMILES string of the molecule is CCNC(=NCc1ccc(CS(=O)(=O)NC)cc1)N(C)CC1CCC(C)CC1. The predicted octanol–water partition coefficient (Wildman–Crippen LogP) is 2.96. The lowest BCUT2D eigenvalue weighted by Gasteiger charge is -2.31. The van der Waals surface area contributed by atoms with Crippen LogP contribution in [0.5, 0.6) is 0 Å². The summed E-state index contributed by atoms with van der Waals surface area (Å²) in [6.45, 7) is 6.89. The second-order valence-corrected chi connectivity index (χ2v) is 9.88. The minimum atomic E-state index is -3.24. The zero-order valence-electron chi connectivity index (χ0n) is 17.7. The van der Waals surface area contributed by atoms with E-state index in [0.29, 0.717) is 6.54 Å². The fraction of sp³-hybridized carbons (Fsp3) is 0.667. The van der Waals surface area contributed by atoms with Crippen LogP contribution in [-0.4, -0.2) is 46.5 Å². The Hall–Kier alpha value is -1.60. The molecule has 2 rings (SSSR count). The number of guanidine groups is 1. The van der Waals surface area contributed by atoms with Crippen LogP contribution in [0.15, 0.2) is 29.3 Å². The molecule has 0 bridgehead atoms. The van der Waals surface area contributed by atoms with Crippen LogP contribution in [0.3, 0.4) is 0 Å². The fourth-order valence-corrected chi connectivity index (χ4v) is 4.43. The molecular weight excluding hydrogens is 372 g/mol. The normalized spacial score (nSPS) is 20.8. The maximum Gasteiger partial charge on any atom is 0.215 e. The molecule has 1 aliphatic rings. The Bertz CT molecular complexity index is 723. The molecule has 0 heterocycles. The number of aliphatic imine (C=N–C) groups is 1. The highest BCUT2D eigenvalue weighted by Gasteiger charge is 2.20. The van der Waals surface area contributed by atoms with E-state index in [1.165, 1.54) is 32.7 Å². The van der Waals surface area contributed by atoms with Crippen molar-refractivity contribution >= 4 is 16.0 Å². The van der Waals surface area contributed by atoms with Gasteiger partial charge in [0.05, 0.1) is 12.3 Å². The van der Waals surface area contributed by atoms with Crippen molar-refractivity contribution in [3.63, 3.8) is 0 Å². The zero-order valence-corrected chi connectivity index (χ0v) is 18.6. The molecular formula is C21H36N4O2S. The average Bonchev–Trinajstić information content (AvgIpc) is 2.68. The summed E-state index contributed by atoms with van der Waals surface area (Å²) in [7, 11) is 0.310. The van der Waals surface area contributed by atoms with Crippen LogP contribution in [0.2, 0.25) is 0 Å². The van der Waals surface area contributed by atoms with Gasteiger partial charge in [-0.15, -0.1) is 0 Å². The van der Waals surface area contributed by atoms with Crippen molar-refractivity contribution in [2.45, 2.75) is 51.8 Å². The number of nitrogens with zero attached hydrogens (tertiary/aromatic N) is 2. The monoisotopic (exact) mass is 408 g/mol. The van der Waals surface area contributed by atoms with Gasteiger partial charge in [0.15, 0.2) is 5.96 Å². The quantitative estimate of drug-likeness (QED) is 0.512. The molecule has 1 fully saturated rings. The van der Waals surface area contributed by atoms with Gasteiger partial charge in [0.25, 0.3) is 0 Å². The number of nitrogens with one attached hydrogen (secondary N) is 2. The largest absolute Gasteiger partial charge is 0.357 e. The minimum Gasteiger partial charge on any atom is -0.357 e. The van der Waals surface area contributed by atoms with Crippen molar-refractivity contribution in [1.29, 1.82) is 0 Å². The van der Waals surface area contributed by atoms with Crippen molar-refractivity contribution in [2.24, 2.45) is 16.8 Å². The van der Waals surface area contributed by atoms with Crippen molar-refractivity contribution in [1.82, 2.24) is 14.9 Å². The van der Waals surface area contributed by atoms with Crippen LogP contribution in [-0.2, 0) is 22.3 Å². The molecule has 6 nitrogen and oxygen atoms in total. The van der Waals surface area contributed by atoms with E-state index in [1.807, 2.05) is 24.3 Å². The van der Waals surface area contributed by atoms with Gasteiger partial charge in [0, 0.05) is 20.1 Å². The second-order valence-electron chi connectivity index (χ2n) is 7.96. The summed E-state index contributed by atoms with van der Waals surface area (Å²) in [5.41, 5.74) is 1.85. The van der Waals surface area contributed by atoms with E-state index in [1.54, 1.807) is 0 Å². The van der Waals surface area contributed by atoms with E-state index in [-0.39, 0.29) is 5.75 Å². The van der Waals surface area contributed by atoms with Gasteiger partial charge in [-0.1, -0.05) is 44.0 Å². The topological polar surface area (TPSA) is 73.8 Å². The summed E-state index contributed by atoms with van der Waals surface area (Å²) < 4.78 is 25.6. The molecule has 7 heteroatoms. The van der Waals surface area contributed by atoms with Crippen LogP contribution in [0.25, 0.3) is 0 Å². The summed E-state index contributed by atoms with van der Waals surface area (Å²) in [6.07, 6.45) is 5.29. The Labute approximate surface area is 170 Å². The maximum absolute atomic E-state index is 11.7.